The largest absolute Gasteiger partial charge is 0.497 e. The first kappa shape index (κ1) is 25.0. The molecule has 3 aromatic carbocycles. The van der Waals surface area contributed by atoms with Gasteiger partial charge in [-0.05, 0) is 79.6 Å². The van der Waals surface area contributed by atoms with E-state index in [1.165, 1.54) is 13.3 Å². The molecule has 2 amide bonds. The van der Waals surface area contributed by atoms with Crippen molar-refractivity contribution in [2.45, 2.75) is 13.8 Å². The van der Waals surface area contributed by atoms with Crippen molar-refractivity contribution >= 4 is 29.7 Å². The van der Waals surface area contributed by atoms with Gasteiger partial charge in [-0.1, -0.05) is 12.1 Å². The van der Waals surface area contributed by atoms with Gasteiger partial charge >= 0.3 is 17.8 Å². The molecule has 0 aliphatic rings. The summed E-state index contributed by atoms with van der Waals surface area (Å²) in [5, 5.41) is 6.32. The molecule has 35 heavy (non-hydrogen) atoms. The van der Waals surface area contributed by atoms with E-state index in [0.29, 0.717) is 34.9 Å². The highest BCUT2D eigenvalue weighted by molar-refractivity contribution is 6.39. The lowest BCUT2D eigenvalue weighted by molar-refractivity contribution is -0.136. The molecule has 0 spiro atoms. The van der Waals surface area contributed by atoms with Crippen LogP contribution in [0, 0.1) is 6.92 Å². The highest BCUT2D eigenvalue weighted by atomic mass is 16.6. The number of aryl methyl sites for hydroxylation is 1. The predicted molar refractivity (Wildman–Crippen MR) is 131 cm³/mol. The van der Waals surface area contributed by atoms with Gasteiger partial charge in [0.15, 0.2) is 11.5 Å². The number of carbonyl (C=O) groups is 3. The van der Waals surface area contributed by atoms with Crippen LogP contribution in [0.25, 0.3) is 0 Å². The number of anilines is 1. The van der Waals surface area contributed by atoms with Gasteiger partial charge in [-0.3, -0.25) is 9.59 Å². The lowest BCUT2D eigenvalue weighted by Crippen LogP contribution is -2.32. The minimum absolute atomic E-state index is 0.228. The van der Waals surface area contributed by atoms with Crippen LogP contribution in [0.4, 0.5) is 5.69 Å². The standard InChI is InChI=1S/C26H25N3O6/c1-4-34-23-15-18(8-13-22(23)35-26(32)19-9-11-21(33-3)12-10-19)16-27-29-25(31)24(30)28-20-7-5-6-17(2)14-20/h5-16H,4H2,1-3H3,(H,28,30)(H,29,31)/b27-16+. The summed E-state index contributed by atoms with van der Waals surface area (Å²) in [7, 11) is 1.54. The van der Waals surface area contributed by atoms with E-state index in [2.05, 4.69) is 15.8 Å². The van der Waals surface area contributed by atoms with Crippen molar-refractivity contribution in [3.8, 4) is 17.2 Å². The summed E-state index contributed by atoms with van der Waals surface area (Å²) in [5.41, 5.74) is 4.54. The van der Waals surface area contributed by atoms with Gasteiger partial charge < -0.3 is 19.5 Å². The summed E-state index contributed by atoms with van der Waals surface area (Å²) in [4.78, 5) is 36.5. The molecule has 0 aliphatic carbocycles. The Balaban J connectivity index is 1.63. The van der Waals surface area contributed by atoms with Crippen molar-refractivity contribution in [1.29, 1.82) is 0 Å². The van der Waals surface area contributed by atoms with Gasteiger partial charge in [-0.15, -0.1) is 0 Å². The fraction of sp³-hybridized carbons (Fsp3) is 0.154. The van der Waals surface area contributed by atoms with Crippen molar-refractivity contribution in [3.63, 3.8) is 0 Å². The van der Waals surface area contributed by atoms with E-state index in [0.717, 1.165) is 5.56 Å². The normalized spacial score (nSPS) is 10.5. The molecular weight excluding hydrogens is 450 g/mol. The molecule has 0 unspecified atom stereocenters. The number of hydrogen-bond acceptors (Lipinski definition) is 7. The third-order valence-corrected chi connectivity index (χ3v) is 4.66. The Morgan fingerprint density at radius 2 is 1.71 bits per heavy atom. The topological polar surface area (TPSA) is 115 Å². The molecule has 0 bridgehead atoms. The molecule has 0 radical (unpaired) electrons. The second-order valence-electron chi connectivity index (χ2n) is 7.28. The number of amides is 2. The first-order valence-corrected chi connectivity index (χ1v) is 10.7. The van der Waals surface area contributed by atoms with Gasteiger partial charge in [0.05, 0.1) is 25.5 Å². The lowest BCUT2D eigenvalue weighted by atomic mass is 10.2. The molecule has 0 atom stereocenters. The lowest BCUT2D eigenvalue weighted by Gasteiger charge is -2.11. The van der Waals surface area contributed by atoms with Gasteiger partial charge in [0.2, 0.25) is 0 Å². The molecule has 0 heterocycles. The Bertz CT molecular complexity index is 1240. The summed E-state index contributed by atoms with van der Waals surface area (Å²) in [5.74, 6) is -1.14. The molecule has 3 rings (SSSR count). The Kier molecular flexibility index (Phi) is 8.55. The van der Waals surface area contributed by atoms with Gasteiger partial charge in [0.1, 0.15) is 5.75 Å². The summed E-state index contributed by atoms with van der Waals surface area (Å²) in [6.45, 7) is 4.01. The minimum Gasteiger partial charge on any atom is -0.497 e. The maximum absolute atomic E-state index is 12.5. The highest BCUT2D eigenvalue weighted by Crippen LogP contribution is 2.29. The second-order valence-corrected chi connectivity index (χ2v) is 7.28. The molecular formula is C26H25N3O6. The third kappa shape index (κ3) is 7.16. The van der Waals surface area contributed by atoms with Crippen LogP contribution in [0.1, 0.15) is 28.4 Å². The second kappa shape index (κ2) is 12.0. The van der Waals surface area contributed by atoms with Crippen LogP contribution in [0.15, 0.2) is 71.8 Å². The Hall–Kier alpha value is -4.66. The van der Waals surface area contributed by atoms with Crippen LogP contribution in [-0.4, -0.2) is 37.7 Å². The van der Waals surface area contributed by atoms with Crippen LogP contribution in [0.3, 0.4) is 0 Å². The smallest absolute Gasteiger partial charge is 0.343 e. The fourth-order valence-electron chi connectivity index (χ4n) is 2.97. The zero-order chi connectivity index (χ0) is 25.2. The fourth-order valence-corrected chi connectivity index (χ4v) is 2.97. The van der Waals surface area contributed by atoms with Crippen LogP contribution in [0.5, 0.6) is 17.2 Å². The molecule has 0 fully saturated rings. The number of esters is 1. The number of hydrazone groups is 1. The molecule has 9 heteroatoms. The number of ether oxygens (including phenoxy) is 3. The number of nitrogens with one attached hydrogen (secondary N) is 2. The summed E-state index contributed by atoms with van der Waals surface area (Å²) >= 11 is 0. The monoisotopic (exact) mass is 475 g/mol. The minimum atomic E-state index is -0.919. The molecule has 3 aromatic rings. The zero-order valence-corrected chi connectivity index (χ0v) is 19.5. The number of carbonyl (C=O) groups excluding carboxylic acids is 3. The van der Waals surface area contributed by atoms with Crippen molar-refractivity contribution in [2.75, 3.05) is 19.0 Å². The van der Waals surface area contributed by atoms with Crippen molar-refractivity contribution in [3.05, 3.63) is 83.4 Å². The summed E-state index contributed by atoms with van der Waals surface area (Å²) < 4.78 is 16.2. The van der Waals surface area contributed by atoms with Crippen LogP contribution in [0.2, 0.25) is 0 Å². The number of methoxy groups -OCH3 is 1. The molecule has 180 valence electrons. The predicted octanol–water partition coefficient (Wildman–Crippen LogP) is 3.71. The molecule has 2 N–H and O–H groups in total. The van der Waals surface area contributed by atoms with Crippen molar-refractivity contribution < 1.29 is 28.6 Å². The first-order valence-electron chi connectivity index (χ1n) is 10.7. The molecule has 0 saturated carbocycles. The number of rotatable bonds is 8. The van der Waals surface area contributed by atoms with Gasteiger partial charge in [0.25, 0.3) is 0 Å². The number of hydrogen-bond donors (Lipinski definition) is 2. The maximum atomic E-state index is 12.5. The van der Waals surface area contributed by atoms with Gasteiger partial charge in [-0.2, -0.15) is 5.10 Å². The van der Waals surface area contributed by atoms with E-state index in [4.69, 9.17) is 14.2 Å². The van der Waals surface area contributed by atoms with E-state index in [9.17, 15) is 14.4 Å². The Morgan fingerprint density at radius 1 is 0.943 bits per heavy atom. The first-order chi connectivity index (χ1) is 16.9. The number of benzene rings is 3. The molecule has 0 aliphatic heterocycles. The Morgan fingerprint density at radius 3 is 2.40 bits per heavy atom. The van der Waals surface area contributed by atoms with Gasteiger partial charge in [0, 0.05) is 5.69 Å². The van der Waals surface area contributed by atoms with Crippen molar-refractivity contribution in [1.82, 2.24) is 5.43 Å². The van der Waals surface area contributed by atoms with Crippen molar-refractivity contribution in [2.24, 2.45) is 5.10 Å². The average Bonchev–Trinajstić information content (AvgIpc) is 2.85. The quantitative estimate of drug-likeness (QED) is 0.169. The van der Waals surface area contributed by atoms with Crippen LogP contribution < -0.4 is 25.0 Å². The van der Waals surface area contributed by atoms with E-state index >= 15 is 0 Å². The molecule has 0 saturated heterocycles. The van der Waals surface area contributed by atoms with E-state index < -0.39 is 17.8 Å². The highest BCUT2D eigenvalue weighted by Gasteiger charge is 2.15. The van der Waals surface area contributed by atoms with E-state index in [1.54, 1.807) is 67.6 Å². The molecule has 9 nitrogen and oxygen atoms in total. The van der Waals surface area contributed by atoms with E-state index in [1.807, 2.05) is 13.0 Å². The maximum Gasteiger partial charge on any atom is 0.343 e. The summed E-state index contributed by atoms with van der Waals surface area (Å²) in [6.07, 6.45) is 1.34. The third-order valence-electron chi connectivity index (χ3n) is 4.66. The van der Waals surface area contributed by atoms with Gasteiger partial charge in [-0.25, -0.2) is 10.2 Å². The Labute approximate surface area is 202 Å². The zero-order valence-electron chi connectivity index (χ0n) is 19.5. The number of nitrogens with zero attached hydrogens (tertiary/aromatic N) is 1. The van der Waals surface area contributed by atoms with Crippen LogP contribution in [-0.2, 0) is 9.59 Å². The average molecular weight is 476 g/mol. The molecule has 0 aromatic heterocycles. The summed E-state index contributed by atoms with van der Waals surface area (Å²) in [6, 6.07) is 18.4. The van der Waals surface area contributed by atoms with E-state index in [-0.39, 0.29) is 5.75 Å². The van der Waals surface area contributed by atoms with Crippen LogP contribution >= 0.6 is 0 Å². The SMILES string of the molecule is CCOc1cc(/C=N/NC(=O)C(=O)Nc2cccc(C)c2)ccc1OC(=O)c1ccc(OC)cc1.